The fraction of sp³-hybridized carbons (Fsp3) is 0.500. The highest BCUT2D eigenvalue weighted by Crippen LogP contribution is 2.22. The van der Waals surface area contributed by atoms with Crippen molar-refractivity contribution in [3.05, 3.63) is 23.8 Å². The Labute approximate surface area is 72.9 Å². The summed E-state index contributed by atoms with van der Waals surface area (Å²) in [6, 6.07) is 0. The number of rotatable bonds is 1. The van der Waals surface area contributed by atoms with Gasteiger partial charge in [-0.15, -0.1) is 0 Å². The van der Waals surface area contributed by atoms with E-state index in [1.165, 1.54) is 17.8 Å². The van der Waals surface area contributed by atoms with Crippen LogP contribution in [0, 0.1) is 5.92 Å². The lowest BCUT2D eigenvalue weighted by Gasteiger charge is -2.17. The van der Waals surface area contributed by atoms with Gasteiger partial charge in [0.2, 0.25) is 0 Å². The zero-order valence-corrected chi connectivity index (χ0v) is 7.62. The molecule has 1 aromatic heterocycles. The third-order valence-electron chi connectivity index (χ3n) is 2.43. The van der Waals surface area contributed by atoms with E-state index in [1.54, 1.807) is 0 Å². The summed E-state index contributed by atoms with van der Waals surface area (Å²) in [6.07, 6.45) is 8.38. The second-order valence-electron chi connectivity index (χ2n) is 3.61. The highest BCUT2D eigenvalue weighted by atomic mass is 15.0. The Morgan fingerprint density at radius 2 is 2.25 bits per heavy atom. The highest BCUT2D eigenvalue weighted by molar-refractivity contribution is 5.36. The van der Waals surface area contributed by atoms with E-state index < -0.39 is 0 Å². The predicted molar refractivity (Wildman–Crippen MR) is 49.7 cm³/mol. The molecular weight excluding hydrogens is 148 g/mol. The van der Waals surface area contributed by atoms with Gasteiger partial charge in [0.1, 0.15) is 5.82 Å². The molecule has 2 nitrogen and oxygen atoms in total. The average molecular weight is 162 g/mol. The molecule has 12 heavy (non-hydrogen) atoms. The molecule has 0 saturated carbocycles. The Hall–Kier alpha value is -1.05. The lowest BCUT2D eigenvalue weighted by Crippen LogP contribution is -2.08. The summed E-state index contributed by atoms with van der Waals surface area (Å²) in [7, 11) is 0. The monoisotopic (exact) mass is 162 g/mol. The molecule has 0 fully saturated rings. The predicted octanol–water partition coefficient (Wildman–Crippen LogP) is 2.33. The van der Waals surface area contributed by atoms with Gasteiger partial charge in [-0.1, -0.05) is 19.4 Å². The van der Waals surface area contributed by atoms with Crippen molar-refractivity contribution in [2.75, 3.05) is 0 Å². The maximum Gasteiger partial charge on any atom is 0.113 e. The minimum Gasteiger partial charge on any atom is -0.311 e. The van der Waals surface area contributed by atoms with E-state index in [0.717, 1.165) is 6.42 Å². The molecule has 0 amide bonds. The van der Waals surface area contributed by atoms with Crippen molar-refractivity contribution in [2.24, 2.45) is 5.92 Å². The molecule has 0 spiro atoms. The topological polar surface area (TPSA) is 17.8 Å². The molecule has 0 bridgehead atoms. The summed E-state index contributed by atoms with van der Waals surface area (Å²) >= 11 is 0. The number of hydrogen-bond donors (Lipinski definition) is 0. The van der Waals surface area contributed by atoms with Crippen LogP contribution in [0.1, 0.15) is 26.1 Å². The molecule has 0 N–H and O–H groups in total. The number of aryl methyl sites for hydroxylation is 1. The van der Waals surface area contributed by atoms with Crippen LogP contribution in [-0.4, -0.2) is 9.55 Å². The molecule has 1 aliphatic rings. The van der Waals surface area contributed by atoms with E-state index in [2.05, 4.69) is 29.6 Å². The number of imidazole rings is 1. The minimum absolute atomic E-state index is 0.667. The number of fused-ring (bicyclic) bond motifs is 1. The van der Waals surface area contributed by atoms with Crippen LogP contribution in [-0.2, 0) is 6.42 Å². The van der Waals surface area contributed by atoms with Crippen molar-refractivity contribution in [1.29, 1.82) is 0 Å². The molecule has 2 heteroatoms. The SMILES string of the molecule is CC(C)C1=Cn2ccnc2CC1. The largest absolute Gasteiger partial charge is 0.311 e. The molecule has 0 atom stereocenters. The molecule has 2 rings (SSSR count). The Kier molecular flexibility index (Phi) is 1.75. The third kappa shape index (κ3) is 1.17. The smallest absolute Gasteiger partial charge is 0.113 e. The second-order valence-corrected chi connectivity index (χ2v) is 3.61. The molecule has 0 saturated heterocycles. The molecule has 1 aliphatic heterocycles. The van der Waals surface area contributed by atoms with Crippen LogP contribution in [0.25, 0.3) is 6.20 Å². The van der Waals surface area contributed by atoms with Gasteiger partial charge in [0.25, 0.3) is 0 Å². The lowest BCUT2D eigenvalue weighted by molar-refractivity contribution is 0.676. The Morgan fingerprint density at radius 3 is 3.00 bits per heavy atom. The van der Waals surface area contributed by atoms with Gasteiger partial charge in [-0.25, -0.2) is 4.98 Å². The van der Waals surface area contributed by atoms with Crippen molar-refractivity contribution in [3.63, 3.8) is 0 Å². The van der Waals surface area contributed by atoms with Crippen LogP contribution in [0.2, 0.25) is 0 Å². The summed E-state index contributed by atoms with van der Waals surface area (Å²) in [5, 5.41) is 0. The molecule has 0 aromatic carbocycles. The fourth-order valence-electron chi connectivity index (χ4n) is 1.59. The highest BCUT2D eigenvalue weighted by Gasteiger charge is 2.12. The van der Waals surface area contributed by atoms with E-state index in [-0.39, 0.29) is 0 Å². The van der Waals surface area contributed by atoms with Gasteiger partial charge in [-0.2, -0.15) is 0 Å². The van der Waals surface area contributed by atoms with E-state index in [1.807, 2.05) is 12.4 Å². The summed E-state index contributed by atoms with van der Waals surface area (Å²) in [5.41, 5.74) is 1.53. The molecule has 64 valence electrons. The van der Waals surface area contributed by atoms with Crippen molar-refractivity contribution in [1.82, 2.24) is 9.55 Å². The first-order chi connectivity index (χ1) is 5.77. The van der Waals surface area contributed by atoms with Crippen molar-refractivity contribution in [2.45, 2.75) is 26.7 Å². The van der Waals surface area contributed by atoms with Crippen LogP contribution in [0.15, 0.2) is 18.0 Å². The quantitative estimate of drug-likeness (QED) is 0.619. The van der Waals surface area contributed by atoms with Crippen LogP contribution in [0.5, 0.6) is 0 Å². The number of allylic oxidation sites excluding steroid dienone is 1. The summed E-state index contributed by atoms with van der Waals surface area (Å²) < 4.78 is 2.14. The van der Waals surface area contributed by atoms with E-state index in [9.17, 15) is 0 Å². The van der Waals surface area contributed by atoms with Crippen LogP contribution in [0.3, 0.4) is 0 Å². The molecular formula is C10H14N2. The van der Waals surface area contributed by atoms with E-state index in [4.69, 9.17) is 0 Å². The maximum atomic E-state index is 4.27. The first kappa shape index (κ1) is 7.59. The normalized spacial score (nSPS) is 16.1. The van der Waals surface area contributed by atoms with Gasteiger partial charge in [-0.3, -0.25) is 0 Å². The second kappa shape index (κ2) is 2.77. The fourth-order valence-corrected chi connectivity index (χ4v) is 1.59. The average Bonchev–Trinajstić information content (AvgIpc) is 2.49. The Morgan fingerprint density at radius 1 is 1.42 bits per heavy atom. The number of hydrogen-bond acceptors (Lipinski definition) is 1. The summed E-state index contributed by atoms with van der Waals surface area (Å²) in [5.74, 6) is 1.86. The van der Waals surface area contributed by atoms with Crippen molar-refractivity contribution >= 4 is 6.20 Å². The van der Waals surface area contributed by atoms with Crippen LogP contribution in [0.4, 0.5) is 0 Å². The summed E-state index contributed by atoms with van der Waals surface area (Å²) in [4.78, 5) is 4.27. The third-order valence-corrected chi connectivity index (χ3v) is 2.43. The van der Waals surface area contributed by atoms with Gasteiger partial charge >= 0.3 is 0 Å². The molecule has 0 aliphatic carbocycles. The molecule has 2 heterocycles. The van der Waals surface area contributed by atoms with Gasteiger partial charge in [-0.05, 0) is 12.3 Å². The molecule has 0 radical (unpaired) electrons. The zero-order chi connectivity index (χ0) is 8.55. The standard InChI is InChI=1S/C10H14N2/c1-8(2)9-3-4-10-11-5-6-12(10)7-9/h5-8H,3-4H2,1-2H3. The van der Waals surface area contributed by atoms with Crippen LogP contribution < -0.4 is 0 Å². The van der Waals surface area contributed by atoms with Crippen molar-refractivity contribution < 1.29 is 0 Å². The number of nitrogens with zero attached hydrogens (tertiary/aromatic N) is 2. The Bertz CT molecular complexity index is 307. The minimum atomic E-state index is 0.667. The number of aromatic nitrogens is 2. The van der Waals surface area contributed by atoms with Crippen LogP contribution >= 0.6 is 0 Å². The van der Waals surface area contributed by atoms with E-state index in [0.29, 0.717) is 5.92 Å². The zero-order valence-electron chi connectivity index (χ0n) is 7.62. The molecule has 0 unspecified atom stereocenters. The first-order valence-corrected chi connectivity index (χ1v) is 4.49. The van der Waals surface area contributed by atoms with Gasteiger partial charge in [0, 0.05) is 25.0 Å². The van der Waals surface area contributed by atoms with E-state index >= 15 is 0 Å². The van der Waals surface area contributed by atoms with Crippen molar-refractivity contribution in [3.8, 4) is 0 Å². The maximum absolute atomic E-state index is 4.27. The Balaban J connectivity index is 2.35. The molecule has 1 aromatic rings. The first-order valence-electron chi connectivity index (χ1n) is 4.49. The van der Waals surface area contributed by atoms with Gasteiger partial charge < -0.3 is 4.57 Å². The van der Waals surface area contributed by atoms with Gasteiger partial charge in [0.15, 0.2) is 0 Å². The summed E-state index contributed by atoms with van der Waals surface area (Å²) in [6.45, 7) is 4.49. The lowest BCUT2D eigenvalue weighted by atomic mass is 9.97. The van der Waals surface area contributed by atoms with Gasteiger partial charge in [0.05, 0.1) is 0 Å².